The second kappa shape index (κ2) is 7.40. The summed E-state index contributed by atoms with van der Waals surface area (Å²) in [6.45, 7) is 2.34. The van der Waals surface area contributed by atoms with Crippen LogP contribution in [0.2, 0.25) is 0 Å². The number of anilines is 2. The van der Waals surface area contributed by atoms with Gasteiger partial charge in [0.2, 0.25) is 17.1 Å². The first-order chi connectivity index (χ1) is 10.5. The van der Waals surface area contributed by atoms with Gasteiger partial charge in [-0.3, -0.25) is 14.4 Å². The van der Waals surface area contributed by atoms with Crippen LogP contribution < -0.4 is 10.2 Å². The monoisotopic (exact) mass is 322 g/mol. The maximum absolute atomic E-state index is 11.9. The van der Waals surface area contributed by atoms with Crippen LogP contribution in [0.4, 0.5) is 11.4 Å². The SMILES string of the molecule is CCCCC(=O)Nc1ccc(N2C[C@H](C(=O)Cl)CC2=O)cc1. The Labute approximate surface area is 134 Å². The van der Waals surface area contributed by atoms with E-state index in [-0.39, 0.29) is 18.2 Å². The Bertz CT molecular complexity index is 571. The molecule has 5 nitrogen and oxygen atoms in total. The summed E-state index contributed by atoms with van der Waals surface area (Å²) in [6.07, 6.45) is 2.49. The molecule has 0 aromatic heterocycles. The molecule has 118 valence electrons. The van der Waals surface area contributed by atoms with E-state index in [1.54, 1.807) is 29.2 Å². The molecule has 1 heterocycles. The maximum atomic E-state index is 11.9. The molecule has 1 aromatic rings. The van der Waals surface area contributed by atoms with E-state index in [2.05, 4.69) is 5.32 Å². The summed E-state index contributed by atoms with van der Waals surface area (Å²) in [4.78, 5) is 36.3. The number of amides is 2. The van der Waals surface area contributed by atoms with Crippen LogP contribution in [-0.4, -0.2) is 23.6 Å². The van der Waals surface area contributed by atoms with Crippen molar-refractivity contribution in [3.63, 3.8) is 0 Å². The first-order valence-electron chi connectivity index (χ1n) is 7.41. The van der Waals surface area contributed by atoms with Crippen LogP contribution in [0.15, 0.2) is 24.3 Å². The molecule has 1 N–H and O–H groups in total. The van der Waals surface area contributed by atoms with E-state index >= 15 is 0 Å². The number of rotatable bonds is 6. The molecule has 6 heteroatoms. The number of nitrogens with one attached hydrogen (secondary N) is 1. The van der Waals surface area contributed by atoms with E-state index in [0.29, 0.717) is 24.3 Å². The van der Waals surface area contributed by atoms with Crippen molar-refractivity contribution in [2.75, 3.05) is 16.8 Å². The summed E-state index contributed by atoms with van der Waals surface area (Å²) in [6, 6.07) is 7.02. The van der Waals surface area contributed by atoms with Gasteiger partial charge in [-0.2, -0.15) is 0 Å². The molecule has 2 rings (SSSR count). The second-order valence-electron chi connectivity index (χ2n) is 5.41. The van der Waals surface area contributed by atoms with Crippen LogP contribution in [0.5, 0.6) is 0 Å². The fraction of sp³-hybridized carbons (Fsp3) is 0.438. The Morgan fingerprint density at radius 1 is 1.32 bits per heavy atom. The molecule has 1 aromatic carbocycles. The average Bonchev–Trinajstić information content (AvgIpc) is 2.88. The van der Waals surface area contributed by atoms with Crippen LogP contribution in [-0.2, 0) is 14.4 Å². The van der Waals surface area contributed by atoms with Gasteiger partial charge in [0.05, 0.1) is 5.92 Å². The van der Waals surface area contributed by atoms with Gasteiger partial charge in [-0.15, -0.1) is 0 Å². The molecule has 0 saturated carbocycles. The molecule has 22 heavy (non-hydrogen) atoms. The van der Waals surface area contributed by atoms with Crippen LogP contribution >= 0.6 is 11.6 Å². The summed E-state index contributed by atoms with van der Waals surface area (Å²) >= 11 is 5.46. The van der Waals surface area contributed by atoms with Gasteiger partial charge in [0.1, 0.15) is 0 Å². The molecular formula is C16H19ClN2O3. The maximum Gasteiger partial charge on any atom is 0.227 e. The van der Waals surface area contributed by atoms with E-state index in [4.69, 9.17) is 11.6 Å². The van der Waals surface area contributed by atoms with Crippen molar-refractivity contribution >= 4 is 40.0 Å². The molecule has 0 unspecified atom stereocenters. The van der Waals surface area contributed by atoms with Crippen molar-refractivity contribution in [1.82, 2.24) is 0 Å². The van der Waals surface area contributed by atoms with Gasteiger partial charge in [0.15, 0.2) is 0 Å². The molecule has 0 spiro atoms. The summed E-state index contributed by atoms with van der Waals surface area (Å²) in [5.41, 5.74) is 1.40. The van der Waals surface area contributed by atoms with Crippen molar-refractivity contribution in [3.05, 3.63) is 24.3 Å². The number of carbonyl (C=O) groups excluding carboxylic acids is 3. The summed E-state index contributed by atoms with van der Waals surface area (Å²) in [5.74, 6) is -0.569. The normalized spacial score (nSPS) is 17.6. The number of benzene rings is 1. The molecule has 1 aliphatic heterocycles. The molecule has 2 amide bonds. The van der Waals surface area contributed by atoms with Crippen molar-refractivity contribution < 1.29 is 14.4 Å². The Balaban J connectivity index is 1.99. The summed E-state index contributed by atoms with van der Waals surface area (Å²) < 4.78 is 0. The minimum atomic E-state index is -0.476. The number of carbonyl (C=O) groups is 3. The van der Waals surface area contributed by atoms with Gasteiger partial charge in [-0.1, -0.05) is 13.3 Å². The number of nitrogens with zero attached hydrogens (tertiary/aromatic N) is 1. The van der Waals surface area contributed by atoms with Crippen LogP contribution in [0, 0.1) is 5.92 Å². The van der Waals surface area contributed by atoms with Gasteiger partial charge < -0.3 is 10.2 Å². The Hall–Kier alpha value is -1.88. The highest BCUT2D eigenvalue weighted by atomic mass is 35.5. The predicted molar refractivity (Wildman–Crippen MR) is 85.9 cm³/mol. The lowest BCUT2D eigenvalue weighted by Gasteiger charge is -2.16. The van der Waals surface area contributed by atoms with Gasteiger partial charge in [-0.25, -0.2) is 0 Å². The van der Waals surface area contributed by atoms with Crippen molar-refractivity contribution in [2.45, 2.75) is 32.6 Å². The van der Waals surface area contributed by atoms with Crippen LogP contribution in [0.3, 0.4) is 0 Å². The predicted octanol–water partition coefficient (Wildman–Crippen LogP) is 2.93. The largest absolute Gasteiger partial charge is 0.326 e. The topological polar surface area (TPSA) is 66.5 Å². The number of hydrogen-bond acceptors (Lipinski definition) is 3. The van der Waals surface area contributed by atoms with E-state index in [1.807, 2.05) is 6.92 Å². The second-order valence-corrected chi connectivity index (χ2v) is 5.78. The molecule has 0 aliphatic carbocycles. The van der Waals surface area contributed by atoms with Crippen LogP contribution in [0.25, 0.3) is 0 Å². The highest BCUT2D eigenvalue weighted by molar-refractivity contribution is 6.64. The lowest BCUT2D eigenvalue weighted by molar-refractivity contribution is -0.120. The molecule has 1 fully saturated rings. The number of hydrogen-bond donors (Lipinski definition) is 1. The van der Waals surface area contributed by atoms with Gasteiger partial charge in [0.25, 0.3) is 0 Å². The zero-order chi connectivity index (χ0) is 16.1. The van der Waals surface area contributed by atoms with E-state index in [0.717, 1.165) is 12.8 Å². The van der Waals surface area contributed by atoms with E-state index in [9.17, 15) is 14.4 Å². The molecular weight excluding hydrogens is 304 g/mol. The first-order valence-corrected chi connectivity index (χ1v) is 7.78. The molecule has 0 radical (unpaired) electrons. The first kappa shape index (κ1) is 16.5. The third kappa shape index (κ3) is 4.07. The van der Waals surface area contributed by atoms with Crippen molar-refractivity contribution in [2.24, 2.45) is 5.92 Å². The Morgan fingerprint density at radius 3 is 2.55 bits per heavy atom. The Kier molecular flexibility index (Phi) is 5.55. The summed E-state index contributed by atoms with van der Waals surface area (Å²) in [7, 11) is 0. The molecule has 1 aliphatic rings. The van der Waals surface area contributed by atoms with Gasteiger partial charge in [0, 0.05) is 30.8 Å². The van der Waals surface area contributed by atoms with E-state index in [1.165, 1.54) is 0 Å². The minimum absolute atomic E-state index is 0.0142. The zero-order valence-electron chi connectivity index (χ0n) is 12.5. The van der Waals surface area contributed by atoms with E-state index < -0.39 is 11.2 Å². The lowest BCUT2D eigenvalue weighted by Crippen LogP contribution is -2.25. The Morgan fingerprint density at radius 2 is 2.00 bits per heavy atom. The van der Waals surface area contributed by atoms with Gasteiger partial charge >= 0.3 is 0 Å². The zero-order valence-corrected chi connectivity index (χ0v) is 13.2. The number of halogens is 1. The molecule has 0 bridgehead atoms. The smallest absolute Gasteiger partial charge is 0.227 e. The summed E-state index contributed by atoms with van der Waals surface area (Å²) in [5, 5.41) is 2.34. The quantitative estimate of drug-likeness (QED) is 0.819. The highest BCUT2D eigenvalue weighted by Crippen LogP contribution is 2.27. The fourth-order valence-electron chi connectivity index (χ4n) is 2.39. The highest BCUT2D eigenvalue weighted by Gasteiger charge is 2.34. The number of unbranched alkanes of at least 4 members (excludes halogenated alkanes) is 1. The minimum Gasteiger partial charge on any atom is -0.326 e. The van der Waals surface area contributed by atoms with Crippen LogP contribution in [0.1, 0.15) is 32.6 Å². The fourth-order valence-corrected chi connectivity index (χ4v) is 2.54. The third-order valence-corrected chi connectivity index (χ3v) is 3.97. The van der Waals surface area contributed by atoms with Crippen molar-refractivity contribution in [1.29, 1.82) is 0 Å². The van der Waals surface area contributed by atoms with Gasteiger partial charge in [-0.05, 0) is 42.3 Å². The molecule has 1 saturated heterocycles. The van der Waals surface area contributed by atoms with Crippen molar-refractivity contribution in [3.8, 4) is 0 Å². The standard InChI is InChI=1S/C16H19ClN2O3/c1-2-3-4-14(20)18-12-5-7-13(8-6-12)19-10-11(16(17)22)9-15(19)21/h5-8,11H,2-4,9-10H2,1H3,(H,18,20)/t11-/m1/s1. The average molecular weight is 323 g/mol. The lowest BCUT2D eigenvalue weighted by atomic mass is 10.1. The molecule has 1 atom stereocenters. The third-order valence-electron chi connectivity index (χ3n) is 3.67.